The Balaban J connectivity index is 2.40. The van der Waals surface area contributed by atoms with Crippen LogP contribution in [-0.4, -0.2) is 28.4 Å². The van der Waals surface area contributed by atoms with E-state index in [9.17, 15) is 22.8 Å². The number of hydrogen-bond donors (Lipinski definition) is 1. The second-order valence-electron chi connectivity index (χ2n) is 5.39. The van der Waals surface area contributed by atoms with E-state index in [4.69, 9.17) is 5.11 Å². The summed E-state index contributed by atoms with van der Waals surface area (Å²) in [7, 11) is 0. The number of aryl methyl sites for hydroxylation is 1. The fraction of sp³-hybridized carbons (Fsp3) is 0.333. The molecule has 8 heteroatoms. The lowest BCUT2D eigenvalue weighted by Crippen LogP contribution is -2.20. The molecule has 0 radical (unpaired) electrons. The monoisotopic (exact) mass is 327 g/mol. The second-order valence-corrected chi connectivity index (χ2v) is 5.39. The maximum atomic E-state index is 13.5. The number of pyridine rings is 1. The Kier molecular flexibility index (Phi) is 3.54. The second kappa shape index (κ2) is 5.29. The van der Waals surface area contributed by atoms with Crippen LogP contribution in [-0.2, 0) is 0 Å². The number of carboxylic acids is 1. The van der Waals surface area contributed by atoms with Crippen molar-refractivity contribution in [3.8, 4) is 5.75 Å². The van der Waals surface area contributed by atoms with Gasteiger partial charge in [-0.1, -0.05) is 6.07 Å². The van der Waals surface area contributed by atoms with Crippen LogP contribution in [0.5, 0.6) is 5.75 Å². The van der Waals surface area contributed by atoms with Crippen LogP contribution in [0.4, 0.5) is 13.2 Å². The molecule has 2 aromatic rings. The molecular formula is C15H12F3NO4. The maximum Gasteiger partial charge on any atom is 0.387 e. The molecule has 0 bridgehead atoms. The Morgan fingerprint density at radius 3 is 2.61 bits per heavy atom. The lowest BCUT2D eigenvalue weighted by atomic mass is 10.1. The highest BCUT2D eigenvalue weighted by atomic mass is 19.3. The molecule has 23 heavy (non-hydrogen) atoms. The third-order valence-electron chi connectivity index (χ3n) is 3.82. The third-order valence-corrected chi connectivity index (χ3v) is 3.82. The van der Waals surface area contributed by atoms with Gasteiger partial charge in [0, 0.05) is 12.6 Å². The van der Waals surface area contributed by atoms with Crippen molar-refractivity contribution in [2.24, 2.45) is 0 Å². The Hall–Kier alpha value is -2.51. The molecule has 1 N–H and O–H groups in total. The molecule has 122 valence electrons. The first-order valence-corrected chi connectivity index (χ1v) is 6.82. The third kappa shape index (κ3) is 2.54. The molecular weight excluding hydrogens is 315 g/mol. The molecule has 2 atom stereocenters. The van der Waals surface area contributed by atoms with Crippen LogP contribution in [0.2, 0.25) is 0 Å². The molecule has 1 aromatic heterocycles. The van der Waals surface area contributed by atoms with Gasteiger partial charge in [-0.2, -0.15) is 8.78 Å². The smallest absolute Gasteiger partial charge is 0.387 e. The van der Waals surface area contributed by atoms with Crippen molar-refractivity contribution in [3.63, 3.8) is 0 Å². The number of rotatable bonds is 4. The number of ether oxygens (including phenoxy) is 1. The Morgan fingerprint density at radius 2 is 2.09 bits per heavy atom. The zero-order valence-electron chi connectivity index (χ0n) is 11.9. The first-order chi connectivity index (χ1) is 10.8. The lowest BCUT2D eigenvalue weighted by Gasteiger charge is -2.17. The van der Waals surface area contributed by atoms with Gasteiger partial charge in [-0.15, -0.1) is 0 Å². The van der Waals surface area contributed by atoms with Gasteiger partial charge in [-0.05, 0) is 18.6 Å². The summed E-state index contributed by atoms with van der Waals surface area (Å²) in [4.78, 5) is 23.5. The van der Waals surface area contributed by atoms with E-state index in [0.29, 0.717) is 5.56 Å². The van der Waals surface area contributed by atoms with Crippen LogP contribution in [0.15, 0.2) is 23.1 Å². The number of hydrogen-bond acceptors (Lipinski definition) is 3. The van der Waals surface area contributed by atoms with Gasteiger partial charge in [0.1, 0.15) is 11.7 Å². The molecule has 1 saturated carbocycles. The van der Waals surface area contributed by atoms with E-state index >= 15 is 0 Å². The molecule has 3 rings (SSSR count). The molecule has 0 aliphatic heterocycles. The van der Waals surface area contributed by atoms with Crippen molar-refractivity contribution < 1.29 is 27.8 Å². The van der Waals surface area contributed by atoms with Gasteiger partial charge >= 0.3 is 12.6 Å². The highest BCUT2D eigenvalue weighted by molar-refractivity contribution is 5.95. The Bertz CT molecular complexity index is 862. The highest BCUT2D eigenvalue weighted by Gasteiger charge is 2.40. The molecule has 2 unspecified atom stereocenters. The minimum Gasteiger partial charge on any atom is -0.477 e. The SMILES string of the molecule is Cc1ccc2c(=O)c(C(=O)O)cn(C3CC3F)c2c1OC(F)F. The molecule has 5 nitrogen and oxygen atoms in total. The predicted molar refractivity (Wildman–Crippen MR) is 75.1 cm³/mol. The van der Waals surface area contributed by atoms with Crippen molar-refractivity contribution in [2.75, 3.05) is 0 Å². The number of aromatic nitrogens is 1. The molecule has 1 aliphatic carbocycles. The van der Waals surface area contributed by atoms with Gasteiger partial charge in [0.05, 0.1) is 16.9 Å². The first kappa shape index (κ1) is 15.4. The van der Waals surface area contributed by atoms with Crippen molar-refractivity contribution in [2.45, 2.75) is 32.2 Å². The first-order valence-electron chi connectivity index (χ1n) is 6.82. The van der Waals surface area contributed by atoms with Crippen molar-refractivity contribution in [3.05, 3.63) is 39.7 Å². The van der Waals surface area contributed by atoms with E-state index in [0.717, 1.165) is 6.20 Å². The summed E-state index contributed by atoms with van der Waals surface area (Å²) in [5, 5.41) is 9.04. The maximum absolute atomic E-state index is 13.5. The van der Waals surface area contributed by atoms with E-state index in [-0.39, 0.29) is 23.1 Å². The quantitative estimate of drug-likeness (QED) is 0.937. The minimum absolute atomic E-state index is 0.00884. The average Bonchev–Trinajstić information content (AvgIpc) is 3.18. The van der Waals surface area contributed by atoms with Gasteiger partial charge in [0.15, 0.2) is 5.75 Å². The Labute approximate surface area is 127 Å². The summed E-state index contributed by atoms with van der Waals surface area (Å²) in [6, 6.07) is 2.03. The van der Waals surface area contributed by atoms with Gasteiger partial charge in [-0.25, -0.2) is 9.18 Å². The number of carboxylic acid groups (broad SMARTS) is 1. The van der Waals surface area contributed by atoms with Crippen LogP contribution in [0.25, 0.3) is 10.9 Å². The molecule has 1 fully saturated rings. The predicted octanol–water partition coefficient (Wildman–Crippen LogP) is 2.89. The topological polar surface area (TPSA) is 68.5 Å². The van der Waals surface area contributed by atoms with Gasteiger partial charge < -0.3 is 14.4 Å². The van der Waals surface area contributed by atoms with E-state index in [1.807, 2.05) is 0 Å². The number of halogens is 3. The van der Waals surface area contributed by atoms with E-state index in [1.165, 1.54) is 23.6 Å². The molecule has 1 aliphatic rings. The standard InChI is InChI=1S/C15H12F3NO4/c1-6-2-3-7-11(13(6)23-15(17)18)19(10-4-9(10)16)5-8(12(7)20)14(21)22/h2-3,5,9-10,15H,4H2,1H3,(H,21,22). The fourth-order valence-corrected chi connectivity index (χ4v) is 2.61. The fourth-order valence-electron chi connectivity index (χ4n) is 2.61. The van der Waals surface area contributed by atoms with E-state index in [1.54, 1.807) is 0 Å². The summed E-state index contributed by atoms with van der Waals surface area (Å²) >= 11 is 0. The normalized spacial score (nSPS) is 20.0. The molecule has 1 heterocycles. The van der Waals surface area contributed by atoms with Crippen molar-refractivity contribution >= 4 is 16.9 Å². The number of carbonyl (C=O) groups is 1. The number of fused-ring (bicyclic) bond motifs is 1. The molecule has 1 aromatic carbocycles. The lowest BCUT2D eigenvalue weighted by molar-refractivity contribution is -0.0494. The number of benzene rings is 1. The van der Waals surface area contributed by atoms with Crippen LogP contribution in [0.3, 0.4) is 0 Å². The van der Waals surface area contributed by atoms with E-state index in [2.05, 4.69) is 4.74 Å². The number of alkyl halides is 3. The molecule has 0 spiro atoms. The van der Waals surface area contributed by atoms with Gasteiger partial charge in [0.25, 0.3) is 0 Å². The Morgan fingerprint density at radius 1 is 1.43 bits per heavy atom. The summed E-state index contributed by atoms with van der Waals surface area (Å²) < 4.78 is 44.6. The van der Waals surface area contributed by atoms with Gasteiger partial charge in [0.2, 0.25) is 5.43 Å². The van der Waals surface area contributed by atoms with Crippen LogP contribution < -0.4 is 10.2 Å². The highest BCUT2D eigenvalue weighted by Crippen LogP contribution is 2.43. The van der Waals surface area contributed by atoms with Crippen LogP contribution in [0, 0.1) is 6.92 Å². The van der Waals surface area contributed by atoms with E-state index < -0.39 is 35.8 Å². The largest absolute Gasteiger partial charge is 0.477 e. The average molecular weight is 327 g/mol. The van der Waals surface area contributed by atoms with Crippen LogP contribution >= 0.6 is 0 Å². The summed E-state index contributed by atoms with van der Waals surface area (Å²) in [6.45, 7) is -1.61. The molecule has 0 saturated heterocycles. The van der Waals surface area contributed by atoms with Crippen molar-refractivity contribution in [1.82, 2.24) is 4.57 Å². The summed E-state index contributed by atoms with van der Waals surface area (Å²) in [5.74, 6) is -1.70. The summed E-state index contributed by atoms with van der Waals surface area (Å²) in [5.41, 5.74) is -1.03. The number of nitrogens with zero attached hydrogens (tertiary/aromatic N) is 1. The minimum atomic E-state index is -3.12. The molecule has 0 amide bonds. The van der Waals surface area contributed by atoms with Crippen molar-refractivity contribution in [1.29, 1.82) is 0 Å². The number of aromatic carboxylic acids is 1. The zero-order chi connectivity index (χ0) is 16.9. The zero-order valence-corrected chi connectivity index (χ0v) is 11.9. The van der Waals surface area contributed by atoms with Crippen LogP contribution in [0.1, 0.15) is 28.4 Å². The summed E-state index contributed by atoms with van der Waals surface area (Å²) in [6.07, 6.45) is -0.101. The van der Waals surface area contributed by atoms with Gasteiger partial charge in [-0.3, -0.25) is 4.79 Å².